The number of nitrogens with zero attached hydrogens (tertiary/aromatic N) is 3. The molecule has 2 heterocycles. The van der Waals surface area contributed by atoms with Gasteiger partial charge < -0.3 is 20.4 Å². The van der Waals surface area contributed by atoms with Crippen molar-refractivity contribution in [3.8, 4) is 0 Å². The van der Waals surface area contributed by atoms with Crippen LogP contribution in [0.25, 0.3) is 0 Å². The second-order valence-corrected chi connectivity index (χ2v) is 10.5. The summed E-state index contributed by atoms with van der Waals surface area (Å²) in [5.41, 5.74) is 3.98. The molecule has 2 fully saturated rings. The summed E-state index contributed by atoms with van der Waals surface area (Å²) in [5, 5.41) is 10.7. The van der Waals surface area contributed by atoms with E-state index in [0.717, 1.165) is 25.7 Å². The molecule has 2 aliphatic heterocycles. The predicted molar refractivity (Wildman–Crippen MR) is 134 cm³/mol. The van der Waals surface area contributed by atoms with Crippen molar-refractivity contribution >= 4 is 40.3 Å². The smallest absolute Gasteiger partial charge is 0.234 e. The number of nitrogens with one attached hydrogen (secondary N) is 3. The minimum absolute atomic E-state index is 0.0116. The Morgan fingerprint density at radius 1 is 1.26 bits per heavy atom. The molecule has 11 heteroatoms. The SMILES string of the molecule is Cc1ccc(NC(=O)CSC2=NNC3N(CCC(=O)NC(C)C)C(=O)C4CCCCC4N23)cc1F. The van der Waals surface area contributed by atoms with E-state index in [2.05, 4.69) is 26.1 Å². The molecule has 3 N–H and O–H groups in total. The lowest BCUT2D eigenvalue weighted by Crippen LogP contribution is -2.67. The Balaban J connectivity index is 1.41. The number of hydrogen-bond acceptors (Lipinski definition) is 7. The van der Waals surface area contributed by atoms with Crippen molar-refractivity contribution in [2.24, 2.45) is 11.0 Å². The average Bonchev–Trinajstić information content (AvgIpc) is 3.23. The normalized spacial score (nSPS) is 23.4. The van der Waals surface area contributed by atoms with E-state index in [4.69, 9.17) is 0 Å². The summed E-state index contributed by atoms with van der Waals surface area (Å²) >= 11 is 1.29. The Morgan fingerprint density at radius 3 is 2.77 bits per heavy atom. The summed E-state index contributed by atoms with van der Waals surface area (Å²) in [6, 6.07) is 4.65. The topological polar surface area (TPSA) is 106 Å². The number of hydrogen-bond donors (Lipinski definition) is 3. The first kappa shape index (κ1) is 25.3. The molecule has 3 aliphatic rings. The quantitative estimate of drug-likeness (QED) is 0.527. The summed E-state index contributed by atoms with van der Waals surface area (Å²) in [4.78, 5) is 41.9. The number of anilines is 1. The van der Waals surface area contributed by atoms with Gasteiger partial charge in [-0.1, -0.05) is 30.7 Å². The molecular formula is C24H33FN6O3S. The largest absolute Gasteiger partial charge is 0.354 e. The summed E-state index contributed by atoms with van der Waals surface area (Å²) in [5.74, 6) is -0.722. The number of amidine groups is 1. The number of amides is 3. The lowest BCUT2D eigenvalue weighted by atomic mass is 9.81. The fraction of sp³-hybridized carbons (Fsp3) is 0.583. The molecule has 35 heavy (non-hydrogen) atoms. The molecule has 3 unspecified atom stereocenters. The zero-order valence-corrected chi connectivity index (χ0v) is 21.2. The first-order valence-corrected chi connectivity index (χ1v) is 13.1. The van der Waals surface area contributed by atoms with Crippen LogP contribution in [-0.2, 0) is 14.4 Å². The van der Waals surface area contributed by atoms with Gasteiger partial charge in [-0.15, -0.1) is 0 Å². The van der Waals surface area contributed by atoms with E-state index in [1.165, 1.54) is 17.8 Å². The zero-order valence-electron chi connectivity index (χ0n) is 20.3. The summed E-state index contributed by atoms with van der Waals surface area (Å²) < 4.78 is 13.8. The maximum Gasteiger partial charge on any atom is 0.234 e. The number of carbonyl (C=O) groups is 3. The Hall–Kier alpha value is -2.82. The minimum Gasteiger partial charge on any atom is -0.354 e. The van der Waals surface area contributed by atoms with Crippen molar-refractivity contribution in [1.29, 1.82) is 0 Å². The number of benzene rings is 1. The molecule has 9 nitrogen and oxygen atoms in total. The average molecular weight is 505 g/mol. The Kier molecular flexibility index (Phi) is 7.83. The highest BCUT2D eigenvalue weighted by Gasteiger charge is 2.50. The summed E-state index contributed by atoms with van der Waals surface area (Å²) in [6.07, 6.45) is 3.46. The highest BCUT2D eigenvalue weighted by molar-refractivity contribution is 8.14. The molecule has 1 saturated carbocycles. The third kappa shape index (κ3) is 5.71. The van der Waals surface area contributed by atoms with Crippen molar-refractivity contribution in [2.45, 2.75) is 71.2 Å². The van der Waals surface area contributed by atoms with Crippen LogP contribution in [0.3, 0.4) is 0 Å². The fourth-order valence-corrected chi connectivity index (χ4v) is 5.73. The van der Waals surface area contributed by atoms with Gasteiger partial charge in [0, 0.05) is 30.7 Å². The summed E-state index contributed by atoms with van der Waals surface area (Å²) in [6.45, 7) is 5.77. The fourth-order valence-electron chi connectivity index (χ4n) is 4.90. The molecule has 1 aliphatic carbocycles. The van der Waals surface area contributed by atoms with E-state index < -0.39 is 6.29 Å². The molecule has 1 aromatic carbocycles. The molecule has 3 amide bonds. The number of aryl methyl sites for hydroxylation is 1. The number of thioether (sulfide) groups is 1. The van der Waals surface area contributed by atoms with Crippen molar-refractivity contribution in [1.82, 2.24) is 20.5 Å². The molecular weight excluding hydrogens is 471 g/mol. The number of fused-ring (bicyclic) bond motifs is 3. The molecule has 4 rings (SSSR count). The van der Waals surface area contributed by atoms with Crippen LogP contribution in [0.2, 0.25) is 0 Å². The highest BCUT2D eigenvalue weighted by atomic mass is 32.2. The van der Waals surface area contributed by atoms with Gasteiger partial charge in [-0.2, -0.15) is 5.10 Å². The number of carbonyl (C=O) groups excluding carboxylic acids is 3. The van der Waals surface area contributed by atoms with E-state index in [0.29, 0.717) is 23.0 Å². The van der Waals surface area contributed by atoms with Gasteiger partial charge in [0.15, 0.2) is 11.5 Å². The minimum atomic E-state index is -0.467. The molecule has 1 aromatic rings. The van der Waals surface area contributed by atoms with Crippen LogP contribution < -0.4 is 16.1 Å². The van der Waals surface area contributed by atoms with Crippen LogP contribution in [0.15, 0.2) is 23.3 Å². The standard InChI is InChI=1S/C24H33FN6O3S/c1-14(2)26-20(32)10-11-30-22(34)17-6-4-5-7-19(17)31-23(30)28-29-24(31)35-13-21(33)27-16-9-8-15(3)18(25)12-16/h8-9,12,14,17,19,23,28H,4-7,10-11,13H2,1-3H3,(H,26,32)(H,27,33). The van der Waals surface area contributed by atoms with Gasteiger partial charge in [0.2, 0.25) is 17.7 Å². The van der Waals surface area contributed by atoms with Gasteiger partial charge in [0.1, 0.15) is 5.82 Å². The maximum absolute atomic E-state index is 13.8. The van der Waals surface area contributed by atoms with Gasteiger partial charge in [0.25, 0.3) is 0 Å². The molecule has 0 aromatic heterocycles. The van der Waals surface area contributed by atoms with Gasteiger partial charge in [-0.3, -0.25) is 19.8 Å². The van der Waals surface area contributed by atoms with Crippen LogP contribution in [0, 0.1) is 18.7 Å². The Bertz CT molecular complexity index is 1020. The molecule has 190 valence electrons. The molecule has 0 bridgehead atoms. The predicted octanol–water partition coefficient (Wildman–Crippen LogP) is 2.58. The van der Waals surface area contributed by atoms with E-state index >= 15 is 0 Å². The van der Waals surface area contributed by atoms with E-state index in [1.54, 1.807) is 24.0 Å². The van der Waals surface area contributed by atoms with Crippen LogP contribution in [-0.4, -0.2) is 63.4 Å². The molecule has 3 atom stereocenters. The van der Waals surface area contributed by atoms with Crippen molar-refractivity contribution in [3.05, 3.63) is 29.6 Å². The molecule has 1 saturated heterocycles. The highest BCUT2D eigenvalue weighted by Crippen LogP contribution is 2.38. The van der Waals surface area contributed by atoms with Crippen LogP contribution in [0.1, 0.15) is 51.5 Å². The Morgan fingerprint density at radius 2 is 2.03 bits per heavy atom. The van der Waals surface area contributed by atoms with Crippen molar-refractivity contribution in [2.75, 3.05) is 17.6 Å². The van der Waals surface area contributed by atoms with Gasteiger partial charge in [-0.05, 0) is 51.3 Å². The van der Waals surface area contributed by atoms with Crippen LogP contribution in [0.5, 0.6) is 0 Å². The number of hydrazone groups is 1. The second-order valence-electron chi connectivity index (χ2n) is 9.57. The van der Waals surface area contributed by atoms with Gasteiger partial charge in [0.05, 0.1) is 11.7 Å². The first-order chi connectivity index (χ1) is 16.7. The maximum atomic E-state index is 13.8. The first-order valence-electron chi connectivity index (χ1n) is 12.1. The number of rotatable bonds is 7. The summed E-state index contributed by atoms with van der Waals surface area (Å²) in [7, 11) is 0. The zero-order chi connectivity index (χ0) is 25.1. The lowest BCUT2D eigenvalue weighted by Gasteiger charge is -2.50. The third-order valence-corrected chi connectivity index (χ3v) is 7.53. The molecule has 0 spiro atoms. The second kappa shape index (κ2) is 10.8. The van der Waals surface area contributed by atoms with Crippen LogP contribution >= 0.6 is 11.8 Å². The molecule has 0 radical (unpaired) electrons. The van der Waals surface area contributed by atoms with E-state index in [-0.39, 0.29) is 53.7 Å². The van der Waals surface area contributed by atoms with Crippen molar-refractivity contribution in [3.63, 3.8) is 0 Å². The van der Waals surface area contributed by atoms with E-state index in [9.17, 15) is 18.8 Å². The Labute approximate surface area is 209 Å². The third-order valence-electron chi connectivity index (χ3n) is 6.56. The number of halogens is 1. The van der Waals surface area contributed by atoms with Crippen LogP contribution in [0.4, 0.5) is 10.1 Å². The van der Waals surface area contributed by atoms with Crippen molar-refractivity contribution < 1.29 is 18.8 Å². The van der Waals surface area contributed by atoms with E-state index in [1.807, 2.05) is 13.8 Å². The van der Waals surface area contributed by atoms with Gasteiger partial charge in [-0.25, -0.2) is 4.39 Å². The lowest BCUT2D eigenvalue weighted by molar-refractivity contribution is -0.155. The monoisotopic (exact) mass is 504 g/mol. The van der Waals surface area contributed by atoms with Gasteiger partial charge >= 0.3 is 0 Å².